The van der Waals surface area contributed by atoms with E-state index in [1.165, 1.54) is 18.4 Å². The van der Waals surface area contributed by atoms with Crippen LogP contribution in [0.5, 0.6) is 0 Å². The van der Waals surface area contributed by atoms with Gasteiger partial charge in [0.2, 0.25) is 0 Å². The molecule has 0 spiro atoms. The van der Waals surface area contributed by atoms with Crippen molar-refractivity contribution in [2.75, 3.05) is 18.4 Å². The van der Waals surface area contributed by atoms with Crippen LogP contribution in [0.1, 0.15) is 40.2 Å². The second-order valence-corrected chi connectivity index (χ2v) is 6.49. The van der Waals surface area contributed by atoms with E-state index in [9.17, 15) is 4.79 Å². The summed E-state index contributed by atoms with van der Waals surface area (Å²) < 4.78 is 0. The Kier molecular flexibility index (Phi) is 4.99. The van der Waals surface area contributed by atoms with Gasteiger partial charge >= 0.3 is 0 Å². The molecule has 3 rings (SSSR count). The lowest BCUT2D eigenvalue weighted by Crippen LogP contribution is -2.28. The molecule has 1 heterocycles. The minimum Gasteiger partial charge on any atom is -0.322 e. The first-order valence-electron chi connectivity index (χ1n) is 8.01. The van der Waals surface area contributed by atoms with Crippen molar-refractivity contribution in [1.82, 2.24) is 5.32 Å². The Morgan fingerprint density at radius 3 is 2.65 bits per heavy atom. The summed E-state index contributed by atoms with van der Waals surface area (Å²) in [4.78, 5) is 12.3. The number of carbonyl (C=O) groups is 1. The molecule has 3 nitrogen and oxygen atoms in total. The van der Waals surface area contributed by atoms with Gasteiger partial charge in [-0.15, -0.1) is 0 Å². The van der Waals surface area contributed by atoms with Crippen LogP contribution in [0, 0.1) is 6.92 Å². The molecule has 4 heteroatoms. The maximum atomic E-state index is 12.3. The molecular formula is C19H21ClN2O. The smallest absolute Gasteiger partial charge is 0.255 e. The Labute approximate surface area is 142 Å². The highest BCUT2D eigenvalue weighted by molar-refractivity contribution is 6.31. The van der Waals surface area contributed by atoms with E-state index in [0.717, 1.165) is 24.3 Å². The summed E-state index contributed by atoms with van der Waals surface area (Å²) in [7, 11) is 0. The lowest BCUT2D eigenvalue weighted by atomic mass is 9.91. The molecule has 2 N–H and O–H groups in total. The summed E-state index contributed by atoms with van der Waals surface area (Å²) in [5, 5.41) is 7.04. The Bertz CT molecular complexity index is 691. The van der Waals surface area contributed by atoms with Gasteiger partial charge in [0, 0.05) is 22.8 Å². The minimum absolute atomic E-state index is 0.114. The molecule has 1 aliphatic rings. The maximum Gasteiger partial charge on any atom is 0.255 e. The third-order valence-electron chi connectivity index (χ3n) is 4.36. The summed E-state index contributed by atoms with van der Waals surface area (Å²) in [5.41, 5.74) is 3.67. The number of carbonyl (C=O) groups excluding carboxylic acids is 1. The van der Waals surface area contributed by atoms with Crippen molar-refractivity contribution in [2.24, 2.45) is 0 Å². The molecule has 1 atom stereocenters. The monoisotopic (exact) mass is 328 g/mol. The number of aryl methyl sites for hydroxylation is 1. The molecule has 2 aromatic rings. The summed E-state index contributed by atoms with van der Waals surface area (Å²) >= 11 is 6.00. The van der Waals surface area contributed by atoms with Crippen molar-refractivity contribution >= 4 is 23.2 Å². The number of rotatable bonds is 3. The fourth-order valence-electron chi connectivity index (χ4n) is 2.96. The first-order valence-corrected chi connectivity index (χ1v) is 8.39. The summed E-state index contributed by atoms with van der Waals surface area (Å²) in [5.74, 6) is 0.462. The van der Waals surface area contributed by atoms with E-state index >= 15 is 0 Å². The summed E-state index contributed by atoms with van der Waals surface area (Å²) in [6.07, 6.45) is 2.45. The largest absolute Gasteiger partial charge is 0.322 e. The van der Waals surface area contributed by atoms with Crippen LogP contribution in [0.3, 0.4) is 0 Å². The molecular weight excluding hydrogens is 308 g/mol. The molecule has 1 aliphatic heterocycles. The molecule has 0 aromatic heterocycles. The quantitative estimate of drug-likeness (QED) is 0.878. The zero-order valence-electron chi connectivity index (χ0n) is 13.2. The lowest BCUT2D eigenvalue weighted by molar-refractivity contribution is 0.102. The first kappa shape index (κ1) is 16.0. The van der Waals surface area contributed by atoms with Crippen LogP contribution in [0.15, 0.2) is 42.5 Å². The first-order chi connectivity index (χ1) is 11.1. The lowest BCUT2D eigenvalue weighted by Gasteiger charge is -2.23. The van der Waals surface area contributed by atoms with Crippen molar-refractivity contribution in [3.8, 4) is 0 Å². The van der Waals surface area contributed by atoms with E-state index in [2.05, 4.69) is 22.8 Å². The van der Waals surface area contributed by atoms with Gasteiger partial charge in [0.1, 0.15) is 0 Å². The number of halogens is 1. The molecule has 1 saturated heterocycles. The molecule has 0 bridgehead atoms. The Morgan fingerprint density at radius 1 is 1.22 bits per heavy atom. The molecule has 0 radical (unpaired) electrons. The SMILES string of the molecule is Cc1cc(C(=O)Nc2ccc(C3CCCNC3)cc2)ccc1Cl. The highest BCUT2D eigenvalue weighted by Crippen LogP contribution is 2.24. The molecule has 1 amide bonds. The number of hydrogen-bond donors (Lipinski definition) is 2. The maximum absolute atomic E-state index is 12.3. The fourth-order valence-corrected chi connectivity index (χ4v) is 3.08. The zero-order chi connectivity index (χ0) is 16.2. The van der Waals surface area contributed by atoms with Gasteiger partial charge in [-0.3, -0.25) is 4.79 Å². The Hall–Kier alpha value is -1.84. The van der Waals surface area contributed by atoms with Crippen molar-refractivity contribution in [3.63, 3.8) is 0 Å². The van der Waals surface area contributed by atoms with Gasteiger partial charge in [-0.1, -0.05) is 23.7 Å². The van der Waals surface area contributed by atoms with Crippen LogP contribution in [-0.2, 0) is 0 Å². The highest BCUT2D eigenvalue weighted by atomic mass is 35.5. The van der Waals surface area contributed by atoms with E-state index in [4.69, 9.17) is 11.6 Å². The number of piperidine rings is 1. The molecule has 2 aromatic carbocycles. The molecule has 1 unspecified atom stereocenters. The predicted octanol–water partition coefficient (Wildman–Crippen LogP) is 4.37. The van der Waals surface area contributed by atoms with E-state index in [0.29, 0.717) is 16.5 Å². The topological polar surface area (TPSA) is 41.1 Å². The predicted molar refractivity (Wildman–Crippen MR) is 95.4 cm³/mol. The van der Waals surface area contributed by atoms with Crippen molar-refractivity contribution in [1.29, 1.82) is 0 Å². The molecule has 0 saturated carbocycles. The second-order valence-electron chi connectivity index (χ2n) is 6.08. The van der Waals surface area contributed by atoms with Gasteiger partial charge < -0.3 is 10.6 Å². The van der Waals surface area contributed by atoms with Gasteiger partial charge in [-0.05, 0) is 73.7 Å². The van der Waals surface area contributed by atoms with Crippen LogP contribution >= 0.6 is 11.6 Å². The van der Waals surface area contributed by atoms with E-state index in [-0.39, 0.29) is 5.91 Å². The van der Waals surface area contributed by atoms with Gasteiger partial charge in [0.05, 0.1) is 0 Å². The average molecular weight is 329 g/mol. The molecule has 120 valence electrons. The Balaban J connectivity index is 1.67. The van der Waals surface area contributed by atoms with Crippen LogP contribution in [-0.4, -0.2) is 19.0 Å². The van der Waals surface area contributed by atoms with Crippen molar-refractivity contribution in [2.45, 2.75) is 25.7 Å². The second kappa shape index (κ2) is 7.16. The highest BCUT2D eigenvalue weighted by Gasteiger charge is 2.15. The third-order valence-corrected chi connectivity index (χ3v) is 4.78. The summed E-state index contributed by atoms with van der Waals surface area (Å²) in [6.45, 7) is 4.05. The number of nitrogens with one attached hydrogen (secondary N) is 2. The van der Waals surface area contributed by atoms with Crippen LogP contribution in [0.2, 0.25) is 5.02 Å². The minimum atomic E-state index is -0.114. The summed E-state index contributed by atoms with van der Waals surface area (Å²) in [6, 6.07) is 13.5. The Morgan fingerprint density at radius 2 is 2.00 bits per heavy atom. The van der Waals surface area contributed by atoms with Crippen molar-refractivity contribution in [3.05, 3.63) is 64.2 Å². The normalized spacial score (nSPS) is 17.7. The van der Waals surface area contributed by atoms with Gasteiger partial charge in [0.15, 0.2) is 0 Å². The van der Waals surface area contributed by atoms with E-state index < -0.39 is 0 Å². The average Bonchev–Trinajstić information content (AvgIpc) is 2.59. The van der Waals surface area contributed by atoms with E-state index in [1.54, 1.807) is 18.2 Å². The number of hydrogen-bond acceptors (Lipinski definition) is 2. The number of benzene rings is 2. The number of amides is 1. The third kappa shape index (κ3) is 3.92. The zero-order valence-corrected chi connectivity index (χ0v) is 14.0. The van der Waals surface area contributed by atoms with E-state index in [1.807, 2.05) is 19.1 Å². The van der Waals surface area contributed by atoms with Crippen LogP contribution in [0.25, 0.3) is 0 Å². The standard InChI is InChI=1S/C19H21ClN2O/c1-13-11-15(6-9-18(13)20)19(23)22-17-7-4-14(5-8-17)16-3-2-10-21-12-16/h4-9,11,16,21H,2-3,10,12H2,1H3,(H,22,23). The fraction of sp³-hybridized carbons (Fsp3) is 0.316. The molecule has 1 fully saturated rings. The van der Waals surface area contributed by atoms with Gasteiger partial charge in [0.25, 0.3) is 5.91 Å². The van der Waals surface area contributed by atoms with Gasteiger partial charge in [-0.2, -0.15) is 0 Å². The van der Waals surface area contributed by atoms with Gasteiger partial charge in [-0.25, -0.2) is 0 Å². The van der Waals surface area contributed by atoms with Crippen LogP contribution < -0.4 is 10.6 Å². The molecule has 23 heavy (non-hydrogen) atoms. The van der Waals surface area contributed by atoms with Crippen molar-refractivity contribution < 1.29 is 4.79 Å². The molecule has 0 aliphatic carbocycles. The number of anilines is 1. The van der Waals surface area contributed by atoms with Crippen LogP contribution in [0.4, 0.5) is 5.69 Å².